The van der Waals surface area contributed by atoms with Gasteiger partial charge in [-0.2, -0.15) is 0 Å². The Morgan fingerprint density at radius 2 is 1.32 bits per heavy atom. The number of thiazole rings is 2. The lowest BCUT2D eigenvalue weighted by atomic mass is 10.4. The van der Waals surface area contributed by atoms with Crippen LogP contribution in [0.1, 0.15) is 11.4 Å². The molecule has 0 atom stereocenters. The summed E-state index contributed by atoms with van der Waals surface area (Å²) in [5.41, 5.74) is 5.78. The Morgan fingerprint density at radius 3 is 1.73 bits per heavy atom. The molecular formula is C14H16N6S2. The van der Waals surface area contributed by atoms with Crippen LogP contribution in [0.5, 0.6) is 0 Å². The molecule has 3 aromatic heterocycles. The standard InChI is InChI=1S/C14H16N6S2/c1-19(4-11-6-21-9-17-11)13-3-14(16-8-15-13)20(2)5-12-7-22-10-18-12/h3,6-10H,4-5H2,1-2H3. The molecule has 3 aromatic rings. The monoisotopic (exact) mass is 332 g/mol. The van der Waals surface area contributed by atoms with Crippen LogP contribution in [0.2, 0.25) is 0 Å². The van der Waals surface area contributed by atoms with Gasteiger partial charge in [0, 0.05) is 30.9 Å². The van der Waals surface area contributed by atoms with Crippen molar-refractivity contribution in [1.29, 1.82) is 0 Å². The van der Waals surface area contributed by atoms with Crippen molar-refractivity contribution in [3.8, 4) is 0 Å². The number of aromatic nitrogens is 4. The van der Waals surface area contributed by atoms with E-state index in [1.807, 2.05) is 41.9 Å². The average molecular weight is 332 g/mol. The highest BCUT2D eigenvalue weighted by molar-refractivity contribution is 7.07. The molecule has 22 heavy (non-hydrogen) atoms. The molecule has 0 N–H and O–H groups in total. The minimum atomic E-state index is 0.732. The van der Waals surface area contributed by atoms with Crippen LogP contribution in [0.4, 0.5) is 11.6 Å². The number of nitrogens with zero attached hydrogens (tertiary/aromatic N) is 6. The lowest BCUT2D eigenvalue weighted by Gasteiger charge is -2.21. The van der Waals surface area contributed by atoms with Gasteiger partial charge in [-0.3, -0.25) is 0 Å². The van der Waals surface area contributed by atoms with Gasteiger partial charge in [0.25, 0.3) is 0 Å². The van der Waals surface area contributed by atoms with Crippen molar-refractivity contribution in [3.05, 3.63) is 45.6 Å². The van der Waals surface area contributed by atoms with Crippen LogP contribution in [0.15, 0.2) is 34.2 Å². The Bertz CT molecular complexity index is 640. The molecule has 0 aliphatic rings. The topological polar surface area (TPSA) is 58.0 Å². The summed E-state index contributed by atoms with van der Waals surface area (Å²) in [6.07, 6.45) is 1.60. The molecular weight excluding hydrogens is 316 g/mol. The summed E-state index contributed by atoms with van der Waals surface area (Å²) in [4.78, 5) is 21.4. The zero-order valence-corrected chi connectivity index (χ0v) is 14.0. The van der Waals surface area contributed by atoms with E-state index in [1.54, 1.807) is 29.0 Å². The minimum Gasteiger partial charge on any atom is -0.354 e. The number of rotatable bonds is 6. The second kappa shape index (κ2) is 6.80. The molecule has 0 spiro atoms. The molecule has 6 nitrogen and oxygen atoms in total. The third-order valence-electron chi connectivity index (χ3n) is 3.19. The van der Waals surface area contributed by atoms with Gasteiger partial charge in [0.2, 0.25) is 0 Å². The van der Waals surface area contributed by atoms with Gasteiger partial charge >= 0.3 is 0 Å². The molecule has 0 unspecified atom stereocenters. The van der Waals surface area contributed by atoms with E-state index in [1.165, 1.54) is 0 Å². The van der Waals surface area contributed by atoms with E-state index in [4.69, 9.17) is 0 Å². The fourth-order valence-corrected chi connectivity index (χ4v) is 3.13. The molecule has 0 saturated heterocycles. The number of anilines is 2. The van der Waals surface area contributed by atoms with Gasteiger partial charge in [0.15, 0.2) is 0 Å². The molecule has 3 rings (SSSR count). The number of hydrogen-bond donors (Lipinski definition) is 0. The van der Waals surface area contributed by atoms with E-state index in [0.29, 0.717) is 0 Å². The molecule has 0 radical (unpaired) electrons. The summed E-state index contributed by atoms with van der Waals surface area (Å²) >= 11 is 3.20. The molecule has 0 amide bonds. The lowest BCUT2D eigenvalue weighted by Crippen LogP contribution is -2.21. The maximum atomic E-state index is 4.35. The van der Waals surface area contributed by atoms with Crippen molar-refractivity contribution in [2.75, 3.05) is 23.9 Å². The first kappa shape index (κ1) is 14.9. The molecule has 8 heteroatoms. The predicted octanol–water partition coefficient (Wildman–Crippen LogP) is 2.66. The first-order valence-electron chi connectivity index (χ1n) is 6.71. The molecule has 0 saturated carbocycles. The summed E-state index contributed by atoms with van der Waals surface area (Å²) < 4.78 is 0. The van der Waals surface area contributed by atoms with E-state index < -0.39 is 0 Å². The molecule has 114 valence electrons. The summed E-state index contributed by atoms with van der Waals surface area (Å²) in [6, 6.07) is 1.98. The van der Waals surface area contributed by atoms with Crippen LogP contribution >= 0.6 is 22.7 Å². The SMILES string of the molecule is CN(Cc1cscn1)c1cc(N(C)Cc2cscn2)ncn1. The third-order valence-corrected chi connectivity index (χ3v) is 4.46. The summed E-state index contributed by atoms with van der Waals surface area (Å²) in [5.74, 6) is 1.76. The van der Waals surface area contributed by atoms with Crippen molar-refractivity contribution >= 4 is 34.3 Å². The molecule has 0 fully saturated rings. The van der Waals surface area contributed by atoms with Gasteiger partial charge in [0.1, 0.15) is 18.0 Å². The lowest BCUT2D eigenvalue weighted by molar-refractivity contribution is 0.845. The maximum absolute atomic E-state index is 4.35. The summed E-state index contributed by atoms with van der Waals surface area (Å²) in [7, 11) is 4.01. The third kappa shape index (κ3) is 3.58. The quantitative estimate of drug-likeness (QED) is 0.692. The van der Waals surface area contributed by atoms with Gasteiger partial charge in [-0.05, 0) is 0 Å². The highest BCUT2D eigenvalue weighted by Crippen LogP contribution is 2.19. The Labute approximate surface area is 137 Å². The highest BCUT2D eigenvalue weighted by atomic mass is 32.1. The van der Waals surface area contributed by atoms with Crippen molar-refractivity contribution in [2.24, 2.45) is 0 Å². The van der Waals surface area contributed by atoms with Crippen LogP contribution in [0, 0.1) is 0 Å². The molecule has 0 aliphatic heterocycles. The maximum Gasteiger partial charge on any atom is 0.134 e. The molecule has 3 heterocycles. The van der Waals surface area contributed by atoms with E-state index in [0.717, 1.165) is 36.1 Å². The second-order valence-electron chi connectivity index (χ2n) is 4.91. The van der Waals surface area contributed by atoms with Gasteiger partial charge in [-0.1, -0.05) is 0 Å². The zero-order valence-electron chi connectivity index (χ0n) is 12.4. The van der Waals surface area contributed by atoms with Crippen molar-refractivity contribution in [1.82, 2.24) is 19.9 Å². The van der Waals surface area contributed by atoms with Gasteiger partial charge in [-0.15, -0.1) is 22.7 Å². The zero-order chi connectivity index (χ0) is 15.4. The van der Waals surface area contributed by atoms with E-state index >= 15 is 0 Å². The van der Waals surface area contributed by atoms with Crippen LogP contribution in [-0.4, -0.2) is 34.0 Å². The predicted molar refractivity (Wildman–Crippen MR) is 90.5 cm³/mol. The van der Waals surface area contributed by atoms with E-state index in [-0.39, 0.29) is 0 Å². The van der Waals surface area contributed by atoms with Gasteiger partial charge < -0.3 is 9.80 Å². The first-order chi connectivity index (χ1) is 10.7. The summed E-state index contributed by atoms with van der Waals surface area (Å²) in [6.45, 7) is 1.46. The molecule has 0 aliphatic carbocycles. The van der Waals surface area contributed by atoms with Crippen LogP contribution in [0.25, 0.3) is 0 Å². The van der Waals surface area contributed by atoms with Crippen LogP contribution in [0.3, 0.4) is 0 Å². The largest absolute Gasteiger partial charge is 0.354 e. The Balaban J connectivity index is 1.71. The van der Waals surface area contributed by atoms with Gasteiger partial charge in [0.05, 0.1) is 35.5 Å². The van der Waals surface area contributed by atoms with Crippen molar-refractivity contribution in [3.63, 3.8) is 0 Å². The fourth-order valence-electron chi connectivity index (χ4n) is 2.03. The van der Waals surface area contributed by atoms with Crippen LogP contribution < -0.4 is 9.80 Å². The smallest absolute Gasteiger partial charge is 0.134 e. The Hall–Kier alpha value is -2.06. The fraction of sp³-hybridized carbons (Fsp3) is 0.286. The number of hydrogen-bond acceptors (Lipinski definition) is 8. The molecule has 0 aromatic carbocycles. The average Bonchev–Trinajstić information content (AvgIpc) is 3.21. The molecule has 0 bridgehead atoms. The Morgan fingerprint density at radius 1 is 0.818 bits per heavy atom. The highest BCUT2D eigenvalue weighted by Gasteiger charge is 2.10. The van der Waals surface area contributed by atoms with E-state index in [9.17, 15) is 0 Å². The van der Waals surface area contributed by atoms with Crippen LogP contribution in [-0.2, 0) is 13.1 Å². The summed E-state index contributed by atoms with van der Waals surface area (Å²) in [5, 5.41) is 4.10. The van der Waals surface area contributed by atoms with Crippen molar-refractivity contribution < 1.29 is 0 Å². The first-order valence-corrected chi connectivity index (χ1v) is 8.59. The second-order valence-corrected chi connectivity index (χ2v) is 6.34. The van der Waals surface area contributed by atoms with Crippen molar-refractivity contribution in [2.45, 2.75) is 13.1 Å². The van der Waals surface area contributed by atoms with E-state index in [2.05, 4.69) is 29.7 Å². The Kier molecular flexibility index (Phi) is 4.59. The minimum absolute atomic E-state index is 0.732. The normalized spacial score (nSPS) is 10.6. The van der Waals surface area contributed by atoms with Gasteiger partial charge in [-0.25, -0.2) is 19.9 Å².